The SMILES string of the molecule is CSC1=NN2C(=N)C(=Cc3cc(C)n(Cc4ccccc4)c3C)C(=O)N=C2S1. The molecule has 1 aromatic carbocycles. The average Bonchev–Trinajstić information content (AvgIpc) is 3.22. The normalized spacial score (nSPS) is 17.8. The molecule has 1 N–H and O–H groups in total. The number of hydrogen-bond acceptors (Lipinski definition) is 5. The van der Waals surface area contributed by atoms with E-state index in [4.69, 9.17) is 5.41 Å². The Bertz CT molecular complexity index is 1070. The molecule has 2 aromatic rings. The summed E-state index contributed by atoms with van der Waals surface area (Å²) in [6.45, 7) is 4.84. The van der Waals surface area contributed by atoms with Gasteiger partial charge in [0.1, 0.15) is 0 Å². The molecule has 0 fully saturated rings. The fourth-order valence-corrected chi connectivity index (χ4v) is 4.54. The van der Waals surface area contributed by atoms with Crippen LogP contribution in [-0.2, 0) is 11.3 Å². The van der Waals surface area contributed by atoms with Crippen LogP contribution in [0.5, 0.6) is 0 Å². The van der Waals surface area contributed by atoms with E-state index in [2.05, 4.69) is 26.8 Å². The standard InChI is InChI=1S/C20H19N5OS2/c1-12-9-15(13(2)24(12)11-14-7-5-4-6-8-14)10-16-17(21)25-19(22-18(16)26)28-20(23-25)27-3/h4-10,21H,11H2,1-3H3. The highest BCUT2D eigenvalue weighted by Crippen LogP contribution is 2.32. The first kappa shape index (κ1) is 18.8. The zero-order chi connectivity index (χ0) is 19.8. The molecular formula is C20H19N5OS2. The minimum Gasteiger partial charge on any atom is -0.344 e. The Morgan fingerprint density at radius 3 is 2.71 bits per heavy atom. The van der Waals surface area contributed by atoms with Crippen LogP contribution < -0.4 is 0 Å². The van der Waals surface area contributed by atoms with Crippen LogP contribution in [-0.4, -0.2) is 37.1 Å². The third-order valence-corrected chi connectivity index (χ3v) is 6.59. The van der Waals surface area contributed by atoms with E-state index >= 15 is 0 Å². The molecule has 0 saturated carbocycles. The third-order valence-electron chi connectivity index (χ3n) is 4.71. The highest BCUT2D eigenvalue weighted by atomic mass is 32.2. The van der Waals surface area contributed by atoms with Gasteiger partial charge in [-0.15, -0.1) is 16.9 Å². The molecule has 1 aromatic heterocycles. The molecule has 3 heterocycles. The van der Waals surface area contributed by atoms with Crippen LogP contribution in [0.2, 0.25) is 0 Å². The van der Waals surface area contributed by atoms with Crippen molar-refractivity contribution in [2.24, 2.45) is 10.1 Å². The van der Waals surface area contributed by atoms with Crippen molar-refractivity contribution in [3.63, 3.8) is 0 Å². The van der Waals surface area contributed by atoms with Gasteiger partial charge in [0.2, 0.25) is 5.17 Å². The van der Waals surface area contributed by atoms with Crippen LogP contribution >= 0.6 is 23.5 Å². The van der Waals surface area contributed by atoms with Gasteiger partial charge in [0.15, 0.2) is 10.2 Å². The lowest BCUT2D eigenvalue weighted by Gasteiger charge is -2.20. The van der Waals surface area contributed by atoms with E-state index < -0.39 is 5.91 Å². The molecule has 1 amide bonds. The van der Waals surface area contributed by atoms with Crippen LogP contribution in [0.25, 0.3) is 6.08 Å². The van der Waals surface area contributed by atoms with E-state index in [0.29, 0.717) is 5.17 Å². The summed E-state index contributed by atoms with van der Waals surface area (Å²) in [4.78, 5) is 16.7. The Morgan fingerprint density at radius 1 is 1.25 bits per heavy atom. The van der Waals surface area contributed by atoms with Crippen molar-refractivity contribution in [2.75, 3.05) is 6.26 Å². The van der Waals surface area contributed by atoms with Gasteiger partial charge in [-0.05, 0) is 55.1 Å². The molecule has 2 aliphatic rings. The van der Waals surface area contributed by atoms with Crippen LogP contribution in [0.15, 0.2) is 52.1 Å². The summed E-state index contributed by atoms with van der Waals surface area (Å²) in [6.07, 6.45) is 3.67. The largest absolute Gasteiger partial charge is 0.344 e. The van der Waals surface area contributed by atoms with Crippen molar-refractivity contribution in [3.8, 4) is 0 Å². The van der Waals surface area contributed by atoms with Crippen molar-refractivity contribution in [3.05, 3.63) is 64.5 Å². The topological polar surface area (TPSA) is 73.8 Å². The van der Waals surface area contributed by atoms with Gasteiger partial charge in [0, 0.05) is 17.9 Å². The lowest BCUT2D eigenvalue weighted by atomic mass is 10.1. The summed E-state index contributed by atoms with van der Waals surface area (Å²) in [7, 11) is 0. The summed E-state index contributed by atoms with van der Waals surface area (Å²) >= 11 is 2.79. The number of amides is 1. The van der Waals surface area contributed by atoms with Crippen molar-refractivity contribution in [1.82, 2.24) is 9.58 Å². The fraction of sp³-hybridized carbons (Fsp3) is 0.200. The second kappa shape index (κ2) is 7.44. The minimum absolute atomic E-state index is 0.0689. The molecule has 0 bridgehead atoms. The van der Waals surface area contributed by atoms with E-state index in [-0.39, 0.29) is 11.4 Å². The Balaban J connectivity index is 1.68. The van der Waals surface area contributed by atoms with Crippen molar-refractivity contribution in [2.45, 2.75) is 20.4 Å². The Hall–Kier alpha value is -2.58. The van der Waals surface area contributed by atoms with Gasteiger partial charge in [-0.1, -0.05) is 30.3 Å². The number of hydrazone groups is 1. The number of amidine groups is 2. The van der Waals surface area contributed by atoms with Crippen LogP contribution in [0.3, 0.4) is 0 Å². The quantitative estimate of drug-likeness (QED) is 0.775. The number of hydrogen-bond donors (Lipinski definition) is 1. The maximum atomic E-state index is 12.5. The zero-order valence-electron chi connectivity index (χ0n) is 15.8. The van der Waals surface area contributed by atoms with Gasteiger partial charge in [0.25, 0.3) is 5.91 Å². The molecule has 0 spiro atoms. The van der Waals surface area contributed by atoms with Gasteiger partial charge in [0.05, 0.1) is 5.57 Å². The zero-order valence-corrected chi connectivity index (χ0v) is 17.4. The molecule has 28 heavy (non-hydrogen) atoms. The fourth-order valence-electron chi connectivity index (χ4n) is 3.20. The van der Waals surface area contributed by atoms with Crippen molar-refractivity contribution < 1.29 is 4.79 Å². The molecular weight excluding hydrogens is 390 g/mol. The van der Waals surface area contributed by atoms with Gasteiger partial charge in [-0.25, -0.2) is 0 Å². The molecule has 0 aliphatic carbocycles. The van der Waals surface area contributed by atoms with E-state index in [1.807, 2.05) is 44.4 Å². The number of thioether (sulfide) groups is 2. The summed E-state index contributed by atoms with van der Waals surface area (Å²) in [5.41, 5.74) is 4.55. The molecule has 2 aliphatic heterocycles. The number of nitrogens with zero attached hydrogens (tertiary/aromatic N) is 4. The Kier molecular flexibility index (Phi) is 4.99. The lowest BCUT2D eigenvalue weighted by molar-refractivity contribution is -0.114. The van der Waals surface area contributed by atoms with Crippen LogP contribution in [0.4, 0.5) is 0 Å². The van der Waals surface area contributed by atoms with Gasteiger partial charge in [-0.3, -0.25) is 10.2 Å². The molecule has 142 valence electrons. The summed E-state index contributed by atoms with van der Waals surface area (Å²) in [6, 6.07) is 12.3. The van der Waals surface area contributed by atoms with Gasteiger partial charge >= 0.3 is 0 Å². The second-order valence-electron chi connectivity index (χ2n) is 6.49. The van der Waals surface area contributed by atoms with E-state index in [9.17, 15) is 4.79 Å². The monoisotopic (exact) mass is 409 g/mol. The predicted octanol–water partition coefficient (Wildman–Crippen LogP) is 4.09. The van der Waals surface area contributed by atoms with Crippen LogP contribution in [0, 0.1) is 19.3 Å². The molecule has 8 heteroatoms. The smallest absolute Gasteiger partial charge is 0.283 e. The highest BCUT2D eigenvalue weighted by molar-refractivity contribution is 8.45. The number of aryl methyl sites for hydroxylation is 1. The molecule has 0 atom stereocenters. The first-order valence-electron chi connectivity index (χ1n) is 8.73. The van der Waals surface area contributed by atoms with Crippen LogP contribution in [0.1, 0.15) is 22.5 Å². The first-order chi connectivity index (χ1) is 13.5. The number of aliphatic imine (C=N–C) groups is 1. The molecule has 4 rings (SSSR count). The Morgan fingerprint density at radius 2 is 2.00 bits per heavy atom. The minimum atomic E-state index is -0.394. The molecule has 0 radical (unpaired) electrons. The maximum absolute atomic E-state index is 12.5. The number of carbonyl (C=O) groups is 1. The van der Waals surface area contributed by atoms with E-state index in [0.717, 1.165) is 27.9 Å². The third kappa shape index (κ3) is 3.33. The van der Waals surface area contributed by atoms with Crippen molar-refractivity contribution >= 4 is 50.9 Å². The van der Waals surface area contributed by atoms with E-state index in [1.54, 1.807) is 6.08 Å². The predicted molar refractivity (Wildman–Crippen MR) is 118 cm³/mol. The van der Waals surface area contributed by atoms with Gasteiger partial charge in [-0.2, -0.15) is 10.0 Å². The lowest BCUT2D eigenvalue weighted by Crippen LogP contribution is -2.35. The molecule has 0 saturated heterocycles. The maximum Gasteiger partial charge on any atom is 0.283 e. The average molecular weight is 410 g/mol. The number of benzene rings is 1. The number of rotatable bonds is 3. The second-order valence-corrected chi connectivity index (χ2v) is 8.50. The number of fused-ring (bicyclic) bond motifs is 1. The van der Waals surface area contributed by atoms with E-state index in [1.165, 1.54) is 34.1 Å². The number of aromatic nitrogens is 1. The number of nitrogens with one attached hydrogen (secondary N) is 1. The first-order valence-corrected chi connectivity index (χ1v) is 10.8. The summed E-state index contributed by atoms with van der Waals surface area (Å²) < 4.78 is 2.99. The molecule has 0 unspecified atom stereocenters. The number of carbonyl (C=O) groups excluding carboxylic acids is 1. The van der Waals surface area contributed by atoms with Gasteiger partial charge < -0.3 is 4.57 Å². The highest BCUT2D eigenvalue weighted by Gasteiger charge is 2.35. The molecule has 6 nitrogen and oxygen atoms in total. The van der Waals surface area contributed by atoms with Crippen molar-refractivity contribution in [1.29, 1.82) is 5.41 Å². The summed E-state index contributed by atoms with van der Waals surface area (Å²) in [5, 5.41) is 14.7. The Labute approximate surface area is 171 Å². The summed E-state index contributed by atoms with van der Waals surface area (Å²) in [5.74, 6) is -0.325.